The van der Waals surface area contributed by atoms with Crippen LogP contribution < -0.4 is 10.9 Å². The molecule has 0 saturated heterocycles. The van der Waals surface area contributed by atoms with E-state index < -0.39 is 18.2 Å². The number of nitrogens with one attached hydrogen (secondary N) is 2. The highest BCUT2D eigenvalue weighted by atomic mass is 16.5. The summed E-state index contributed by atoms with van der Waals surface area (Å²) in [5.41, 5.74) is 5.63. The Hall–Kier alpha value is -2.21. The highest BCUT2D eigenvalue weighted by Crippen LogP contribution is 2.13. The lowest BCUT2D eigenvalue weighted by atomic mass is 10.0. The summed E-state index contributed by atoms with van der Waals surface area (Å²) >= 11 is 0. The Morgan fingerprint density at radius 3 is 2.24 bits per heavy atom. The van der Waals surface area contributed by atoms with Crippen LogP contribution in [0.5, 0.6) is 0 Å². The molecule has 21 heavy (non-hydrogen) atoms. The maximum atomic E-state index is 11.1. The van der Waals surface area contributed by atoms with Crippen LogP contribution in [0.4, 0.5) is 0 Å². The SMILES string of the molecule is CC.CC(C)c1ccc(/C=N/NC(=O)CC(=O)NO)cc1. The van der Waals surface area contributed by atoms with Crippen molar-refractivity contribution in [3.63, 3.8) is 0 Å². The highest BCUT2D eigenvalue weighted by molar-refractivity contribution is 5.96. The Balaban J connectivity index is 0.00000191. The molecule has 0 aromatic heterocycles. The zero-order valence-corrected chi connectivity index (χ0v) is 12.9. The summed E-state index contributed by atoms with van der Waals surface area (Å²) in [4.78, 5) is 21.8. The lowest BCUT2D eigenvalue weighted by Gasteiger charge is -2.04. The number of benzene rings is 1. The molecule has 1 aromatic rings. The van der Waals surface area contributed by atoms with Gasteiger partial charge < -0.3 is 0 Å². The van der Waals surface area contributed by atoms with Crippen LogP contribution >= 0.6 is 0 Å². The Labute approximate surface area is 125 Å². The van der Waals surface area contributed by atoms with Gasteiger partial charge in [0, 0.05) is 0 Å². The van der Waals surface area contributed by atoms with E-state index in [9.17, 15) is 9.59 Å². The first-order chi connectivity index (χ1) is 10.0. The fourth-order valence-electron chi connectivity index (χ4n) is 1.37. The fourth-order valence-corrected chi connectivity index (χ4v) is 1.37. The Morgan fingerprint density at radius 2 is 1.76 bits per heavy atom. The molecule has 0 saturated carbocycles. The van der Waals surface area contributed by atoms with Crippen molar-refractivity contribution in [2.24, 2.45) is 5.10 Å². The molecule has 6 heteroatoms. The average molecular weight is 293 g/mol. The average Bonchev–Trinajstić information content (AvgIpc) is 2.49. The van der Waals surface area contributed by atoms with Crippen molar-refractivity contribution in [3.05, 3.63) is 35.4 Å². The Morgan fingerprint density at radius 1 is 1.19 bits per heavy atom. The van der Waals surface area contributed by atoms with Gasteiger partial charge >= 0.3 is 0 Å². The van der Waals surface area contributed by atoms with Gasteiger partial charge in [0.2, 0.25) is 5.91 Å². The zero-order valence-electron chi connectivity index (χ0n) is 12.9. The number of amides is 2. The number of nitrogens with zero attached hydrogens (tertiary/aromatic N) is 1. The molecule has 1 rings (SSSR count). The minimum atomic E-state index is -0.783. The Kier molecular flexibility index (Phi) is 9.45. The monoisotopic (exact) mass is 293 g/mol. The maximum Gasteiger partial charge on any atom is 0.252 e. The molecule has 3 N–H and O–H groups in total. The van der Waals surface area contributed by atoms with Crippen molar-refractivity contribution in [1.29, 1.82) is 0 Å². The van der Waals surface area contributed by atoms with Gasteiger partial charge in [0.1, 0.15) is 6.42 Å². The van der Waals surface area contributed by atoms with E-state index in [0.29, 0.717) is 5.92 Å². The van der Waals surface area contributed by atoms with Crippen LogP contribution in [0.15, 0.2) is 29.4 Å². The Bertz CT molecular complexity index is 468. The van der Waals surface area contributed by atoms with Gasteiger partial charge in [-0.05, 0) is 17.0 Å². The lowest BCUT2D eigenvalue weighted by molar-refractivity contribution is -0.134. The molecule has 0 unspecified atom stereocenters. The van der Waals surface area contributed by atoms with E-state index in [1.54, 1.807) is 0 Å². The molecule has 1 aromatic carbocycles. The van der Waals surface area contributed by atoms with E-state index in [4.69, 9.17) is 5.21 Å². The summed E-state index contributed by atoms with van der Waals surface area (Å²) < 4.78 is 0. The van der Waals surface area contributed by atoms with Crippen LogP contribution in [-0.2, 0) is 9.59 Å². The van der Waals surface area contributed by atoms with Crippen LogP contribution in [-0.4, -0.2) is 23.2 Å². The maximum absolute atomic E-state index is 11.1. The second-order valence-electron chi connectivity index (χ2n) is 4.33. The molecule has 0 aliphatic heterocycles. The summed E-state index contributed by atoms with van der Waals surface area (Å²) in [6.45, 7) is 8.21. The number of hydrogen-bond donors (Lipinski definition) is 3. The van der Waals surface area contributed by atoms with Crippen molar-refractivity contribution >= 4 is 18.0 Å². The van der Waals surface area contributed by atoms with Gasteiger partial charge in [0.15, 0.2) is 0 Å². The molecule has 0 atom stereocenters. The highest BCUT2D eigenvalue weighted by Gasteiger charge is 2.06. The second kappa shape index (κ2) is 10.6. The standard InChI is InChI=1S/C13H17N3O3.C2H6/c1-9(2)11-5-3-10(4-6-11)8-14-15-12(17)7-13(18)16-19;1-2/h3-6,8-9,19H,7H2,1-2H3,(H,15,17)(H,16,18);1-2H3/b14-8+;. The first kappa shape index (κ1) is 18.8. The molecule has 0 heterocycles. The van der Waals surface area contributed by atoms with E-state index in [0.717, 1.165) is 5.56 Å². The van der Waals surface area contributed by atoms with Gasteiger partial charge in [-0.15, -0.1) is 0 Å². The van der Waals surface area contributed by atoms with E-state index in [-0.39, 0.29) is 0 Å². The van der Waals surface area contributed by atoms with E-state index in [2.05, 4.69) is 24.4 Å². The van der Waals surface area contributed by atoms with Crippen LogP contribution in [0.1, 0.15) is 51.2 Å². The van der Waals surface area contributed by atoms with Crippen molar-refractivity contribution in [1.82, 2.24) is 10.9 Å². The number of hydrazone groups is 1. The number of carbonyl (C=O) groups excluding carboxylic acids is 2. The van der Waals surface area contributed by atoms with Gasteiger partial charge in [0.25, 0.3) is 5.91 Å². The van der Waals surface area contributed by atoms with Crippen molar-refractivity contribution < 1.29 is 14.8 Å². The van der Waals surface area contributed by atoms with Gasteiger partial charge in [-0.3, -0.25) is 14.8 Å². The molecule has 116 valence electrons. The van der Waals surface area contributed by atoms with Crippen LogP contribution in [0.2, 0.25) is 0 Å². The molecule has 0 aliphatic carbocycles. The molecule has 0 aliphatic rings. The first-order valence-corrected chi connectivity index (χ1v) is 6.87. The third-order valence-corrected chi connectivity index (χ3v) is 2.45. The van der Waals surface area contributed by atoms with Crippen molar-refractivity contribution in [2.75, 3.05) is 0 Å². The van der Waals surface area contributed by atoms with Crippen molar-refractivity contribution in [3.8, 4) is 0 Å². The number of carbonyl (C=O) groups is 2. The van der Waals surface area contributed by atoms with Crippen LogP contribution in [0.3, 0.4) is 0 Å². The molecule has 0 spiro atoms. The van der Waals surface area contributed by atoms with E-state index >= 15 is 0 Å². The summed E-state index contributed by atoms with van der Waals surface area (Å²) in [5.74, 6) is -0.918. The second-order valence-corrected chi connectivity index (χ2v) is 4.33. The third-order valence-electron chi connectivity index (χ3n) is 2.45. The van der Waals surface area contributed by atoms with Gasteiger partial charge in [-0.1, -0.05) is 52.0 Å². The van der Waals surface area contributed by atoms with E-state index in [1.807, 2.05) is 38.1 Å². The smallest absolute Gasteiger partial charge is 0.252 e. The third kappa shape index (κ3) is 7.84. The molecular weight excluding hydrogens is 270 g/mol. The molecule has 6 nitrogen and oxygen atoms in total. The number of hydroxylamine groups is 1. The van der Waals surface area contributed by atoms with Crippen molar-refractivity contribution in [2.45, 2.75) is 40.0 Å². The molecule has 2 amide bonds. The van der Waals surface area contributed by atoms with Gasteiger partial charge in [-0.2, -0.15) is 5.10 Å². The van der Waals surface area contributed by atoms with Gasteiger partial charge in [-0.25, -0.2) is 10.9 Å². The normalized spacial score (nSPS) is 10.0. The van der Waals surface area contributed by atoms with Crippen LogP contribution in [0.25, 0.3) is 0 Å². The molecule has 0 bridgehead atoms. The predicted octanol–water partition coefficient (Wildman–Crippen LogP) is 2.18. The van der Waals surface area contributed by atoms with E-state index in [1.165, 1.54) is 17.3 Å². The zero-order chi connectivity index (χ0) is 16.3. The number of rotatable bonds is 5. The quantitative estimate of drug-likeness (QED) is 0.336. The predicted molar refractivity (Wildman–Crippen MR) is 82.2 cm³/mol. The van der Waals surface area contributed by atoms with Crippen LogP contribution in [0, 0.1) is 0 Å². The van der Waals surface area contributed by atoms with Gasteiger partial charge in [0.05, 0.1) is 6.21 Å². The molecule has 0 fully saturated rings. The first-order valence-electron chi connectivity index (χ1n) is 6.87. The largest absolute Gasteiger partial charge is 0.289 e. The minimum absolute atomic E-state index is 0.461. The summed E-state index contributed by atoms with van der Waals surface area (Å²) in [6, 6.07) is 7.77. The fraction of sp³-hybridized carbons (Fsp3) is 0.400. The minimum Gasteiger partial charge on any atom is -0.289 e. The molecular formula is C15H23N3O3. The summed E-state index contributed by atoms with van der Waals surface area (Å²) in [7, 11) is 0. The molecule has 0 radical (unpaired) electrons. The number of hydrogen-bond acceptors (Lipinski definition) is 4. The lowest BCUT2D eigenvalue weighted by Crippen LogP contribution is -2.27. The topological polar surface area (TPSA) is 90.8 Å². The summed E-state index contributed by atoms with van der Waals surface area (Å²) in [5, 5.41) is 12.0. The summed E-state index contributed by atoms with van der Waals surface area (Å²) in [6.07, 6.45) is 1.01.